The second kappa shape index (κ2) is 8.13. The van der Waals surface area contributed by atoms with Crippen molar-refractivity contribution >= 4 is 21.6 Å². The number of hydrogen-bond donors (Lipinski definition) is 0. The molecule has 2 aliphatic heterocycles. The second-order valence-corrected chi connectivity index (χ2v) is 9.33. The average Bonchev–Trinajstić information content (AvgIpc) is 3.49. The smallest absolute Gasteiger partial charge is 0.257 e. The van der Waals surface area contributed by atoms with Crippen molar-refractivity contribution < 1.29 is 22.0 Å². The summed E-state index contributed by atoms with van der Waals surface area (Å²) >= 11 is 0. The molecule has 2 aliphatic rings. The molecule has 0 bridgehead atoms. The molecular weight excluding hydrogens is 396 g/mol. The summed E-state index contributed by atoms with van der Waals surface area (Å²) < 4.78 is 36.5. The number of hydrogen-bond acceptors (Lipinski definition) is 7. The van der Waals surface area contributed by atoms with Crippen LogP contribution < -0.4 is 0 Å². The maximum atomic E-state index is 13.0. The van der Waals surface area contributed by atoms with Crippen molar-refractivity contribution in [3.63, 3.8) is 0 Å². The quantitative estimate of drug-likeness (QED) is 0.703. The number of hydrazone groups is 1. The number of nitrogens with zero attached hydrogens (tertiary/aromatic N) is 4. The number of sulfonamides is 1. The van der Waals surface area contributed by atoms with Crippen molar-refractivity contribution in [1.82, 2.24) is 14.2 Å². The van der Waals surface area contributed by atoms with Crippen molar-refractivity contribution in [1.29, 1.82) is 0 Å². The molecule has 1 atom stereocenters. The third kappa shape index (κ3) is 4.14. The van der Waals surface area contributed by atoms with Gasteiger partial charge in [-0.1, -0.05) is 0 Å². The second-order valence-electron chi connectivity index (χ2n) is 7.07. The Bertz CT molecular complexity index is 960. The molecule has 0 spiro atoms. The molecule has 9 nitrogen and oxygen atoms in total. The Morgan fingerprint density at radius 3 is 2.48 bits per heavy atom. The highest BCUT2D eigenvalue weighted by atomic mass is 32.2. The summed E-state index contributed by atoms with van der Waals surface area (Å²) in [6.45, 7) is 3.63. The fourth-order valence-electron chi connectivity index (χ4n) is 3.65. The Balaban J connectivity index is 1.45. The predicted octanol–water partition coefficient (Wildman–Crippen LogP) is 1.52. The minimum absolute atomic E-state index is 0.0921. The van der Waals surface area contributed by atoms with Crippen molar-refractivity contribution in [2.24, 2.45) is 5.10 Å². The van der Waals surface area contributed by atoms with E-state index in [4.69, 9.17) is 8.83 Å². The number of carbonyl (C=O) groups excluding carboxylic acids is 1. The van der Waals surface area contributed by atoms with Crippen LogP contribution in [0.25, 0.3) is 0 Å². The van der Waals surface area contributed by atoms with Gasteiger partial charge in [0.25, 0.3) is 5.91 Å². The van der Waals surface area contributed by atoms with Crippen molar-refractivity contribution in [2.75, 3.05) is 38.5 Å². The van der Waals surface area contributed by atoms with Gasteiger partial charge in [0, 0.05) is 32.6 Å². The van der Waals surface area contributed by atoms with E-state index >= 15 is 0 Å². The number of piperazine rings is 1. The molecule has 0 saturated carbocycles. The Hall–Kier alpha value is -2.43. The normalized spacial score (nSPS) is 21.5. The van der Waals surface area contributed by atoms with Crippen molar-refractivity contribution in [2.45, 2.75) is 19.4 Å². The zero-order chi connectivity index (χ0) is 20.4. The molecule has 10 heteroatoms. The monoisotopic (exact) mass is 420 g/mol. The highest BCUT2D eigenvalue weighted by molar-refractivity contribution is 7.89. The molecular formula is C19H24N4O5S. The first-order valence-electron chi connectivity index (χ1n) is 9.65. The van der Waals surface area contributed by atoms with Crippen LogP contribution in [0.3, 0.4) is 0 Å². The maximum Gasteiger partial charge on any atom is 0.257 e. The van der Waals surface area contributed by atoms with Crippen LogP contribution in [0.2, 0.25) is 0 Å². The Kier molecular flexibility index (Phi) is 5.57. The van der Waals surface area contributed by atoms with E-state index < -0.39 is 10.0 Å². The summed E-state index contributed by atoms with van der Waals surface area (Å²) in [7, 11) is -3.19. The van der Waals surface area contributed by atoms with E-state index in [2.05, 4.69) is 5.10 Å². The molecule has 2 aromatic rings. The zero-order valence-corrected chi connectivity index (χ0v) is 17.0. The van der Waals surface area contributed by atoms with Crippen LogP contribution >= 0.6 is 0 Å². The summed E-state index contributed by atoms with van der Waals surface area (Å²) in [5.74, 6) is 1.24. The lowest BCUT2D eigenvalue weighted by atomic mass is 10.1. The first-order chi connectivity index (χ1) is 14.0. The molecule has 0 radical (unpaired) electrons. The first-order valence-corrected chi connectivity index (χ1v) is 11.3. The summed E-state index contributed by atoms with van der Waals surface area (Å²) in [4.78, 5) is 15.0. The van der Waals surface area contributed by atoms with E-state index in [1.807, 2.05) is 17.0 Å². The number of furan rings is 2. The van der Waals surface area contributed by atoms with Crippen LogP contribution in [-0.2, 0) is 14.8 Å². The first kappa shape index (κ1) is 19.9. The minimum Gasteiger partial charge on any atom is -0.467 e. The Morgan fingerprint density at radius 1 is 1.14 bits per heavy atom. The van der Waals surface area contributed by atoms with Crippen LogP contribution in [-0.4, -0.2) is 72.7 Å². The largest absolute Gasteiger partial charge is 0.467 e. The van der Waals surface area contributed by atoms with E-state index in [1.54, 1.807) is 31.6 Å². The lowest BCUT2D eigenvalue weighted by Crippen LogP contribution is -2.51. The maximum absolute atomic E-state index is 13.0. The van der Waals surface area contributed by atoms with Crippen LogP contribution in [0.4, 0.5) is 0 Å². The molecule has 0 aromatic carbocycles. The molecule has 0 N–H and O–H groups in total. The number of amides is 1. The molecule has 2 aromatic heterocycles. The molecule has 29 heavy (non-hydrogen) atoms. The Labute approximate surface area is 169 Å². The highest BCUT2D eigenvalue weighted by Gasteiger charge is 2.36. The molecule has 1 fully saturated rings. The summed E-state index contributed by atoms with van der Waals surface area (Å²) in [5.41, 5.74) is 0.698. The van der Waals surface area contributed by atoms with Gasteiger partial charge in [0.05, 0.1) is 24.8 Å². The summed E-state index contributed by atoms with van der Waals surface area (Å²) in [6, 6.07) is 6.91. The van der Waals surface area contributed by atoms with E-state index in [0.717, 1.165) is 0 Å². The summed E-state index contributed by atoms with van der Waals surface area (Å²) in [6.07, 6.45) is 3.67. The standard InChI is InChI=1S/C19H24N4O5S/c1-2-29(25,26)22-9-7-21(8-10-22)14-19(24)23-16(18-6-4-12-28-18)13-15(20-23)17-5-3-11-27-17/h3-6,11-12,16H,2,7-10,13-14H2,1H3. The Morgan fingerprint density at radius 2 is 1.86 bits per heavy atom. The van der Waals surface area contributed by atoms with Gasteiger partial charge in [-0.05, 0) is 31.2 Å². The number of rotatable bonds is 6. The van der Waals surface area contributed by atoms with Crippen molar-refractivity contribution in [3.05, 3.63) is 48.3 Å². The van der Waals surface area contributed by atoms with Gasteiger partial charge in [0.15, 0.2) is 0 Å². The van der Waals surface area contributed by atoms with Gasteiger partial charge in [0.2, 0.25) is 10.0 Å². The predicted molar refractivity (Wildman–Crippen MR) is 106 cm³/mol. The minimum atomic E-state index is -3.19. The van der Waals surface area contributed by atoms with E-state index in [0.29, 0.717) is 49.8 Å². The van der Waals surface area contributed by atoms with Gasteiger partial charge in [-0.2, -0.15) is 9.41 Å². The summed E-state index contributed by atoms with van der Waals surface area (Å²) in [5, 5.41) is 5.98. The SMILES string of the molecule is CCS(=O)(=O)N1CCN(CC(=O)N2N=C(c3ccco3)CC2c2ccco2)CC1. The average molecular weight is 420 g/mol. The molecule has 4 rings (SSSR count). The van der Waals surface area contributed by atoms with Crippen LogP contribution in [0.5, 0.6) is 0 Å². The molecule has 0 aliphatic carbocycles. The van der Waals surface area contributed by atoms with Crippen LogP contribution in [0.15, 0.2) is 50.7 Å². The van der Waals surface area contributed by atoms with E-state index in [-0.39, 0.29) is 24.2 Å². The fourth-order valence-corrected chi connectivity index (χ4v) is 4.73. The topological polar surface area (TPSA) is 99.6 Å². The van der Waals surface area contributed by atoms with Gasteiger partial charge in [-0.25, -0.2) is 13.4 Å². The van der Waals surface area contributed by atoms with E-state index in [1.165, 1.54) is 9.31 Å². The molecule has 1 saturated heterocycles. The van der Waals surface area contributed by atoms with Crippen LogP contribution in [0, 0.1) is 0 Å². The van der Waals surface area contributed by atoms with Gasteiger partial charge in [-0.15, -0.1) is 0 Å². The van der Waals surface area contributed by atoms with Crippen molar-refractivity contribution in [3.8, 4) is 0 Å². The van der Waals surface area contributed by atoms with Crippen LogP contribution in [0.1, 0.15) is 30.9 Å². The van der Waals surface area contributed by atoms with E-state index in [9.17, 15) is 13.2 Å². The third-order valence-corrected chi connectivity index (χ3v) is 7.17. The molecule has 1 unspecified atom stereocenters. The lowest BCUT2D eigenvalue weighted by Gasteiger charge is -2.34. The fraction of sp³-hybridized carbons (Fsp3) is 0.474. The van der Waals surface area contributed by atoms with Gasteiger partial charge in [-0.3, -0.25) is 9.69 Å². The molecule has 1 amide bonds. The highest BCUT2D eigenvalue weighted by Crippen LogP contribution is 2.33. The number of carbonyl (C=O) groups is 1. The third-order valence-electron chi connectivity index (χ3n) is 5.29. The van der Waals surface area contributed by atoms with Gasteiger partial charge in [0.1, 0.15) is 23.3 Å². The zero-order valence-electron chi connectivity index (χ0n) is 16.2. The molecule has 4 heterocycles. The van der Waals surface area contributed by atoms with Gasteiger partial charge >= 0.3 is 0 Å². The van der Waals surface area contributed by atoms with Gasteiger partial charge < -0.3 is 8.83 Å². The lowest BCUT2D eigenvalue weighted by molar-refractivity contribution is -0.134. The molecule has 156 valence electrons.